The standard InChI is InChI=1S/6C4H13NSi/c6*1-5(2)6(3)4/h6*6H,1-4H3. The molecule has 0 amide bonds. The van der Waals surface area contributed by atoms with Crippen molar-refractivity contribution in [2.75, 3.05) is 84.6 Å². The van der Waals surface area contributed by atoms with Crippen LogP contribution in [-0.2, 0) is 0 Å². The van der Waals surface area contributed by atoms with Crippen LogP contribution in [0.4, 0.5) is 0 Å². The Balaban J connectivity index is -0.0000000750. The SMILES string of the molecule is CN(C)[SiH](C)C.CN(C)[SiH](C)C.CN(C)[SiH](C)C.CN(C)[SiH](C)C.CN(C)[SiH](C)C.CN(C)[SiH](C)C. The van der Waals surface area contributed by atoms with Gasteiger partial charge in [0.15, 0.2) is 0 Å². The molecule has 0 aliphatic heterocycles. The lowest BCUT2D eigenvalue weighted by molar-refractivity contribution is 0.648. The third kappa shape index (κ3) is 64.8. The zero-order valence-corrected chi connectivity index (χ0v) is 37.1. The van der Waals surface area contributed by atoms with E-state index in [1.165, 1.54) is 0 Å². The zero-order valence-electron chi connectivity index (χ0n) is 30.1. The normalized spacial score (nSPS) is 11.0. The minimum Gasteiger partial charge on any atom is -0.332 e. The van der Waals surface area contributed by atoms with E-state index in [4.69, 9.17) is 0 Å². The molecule has 0 unspecified atom stereocenters. The molecule has 228 valence electrons. The summed E-state index contributed by atoms with van der Waals surface area (Å²) >= 11 is 0. The molecule has 36 heavy (non-hydrogen) atoms. The Kier molecular flexibility index (Phi) is 44.8. The van der Waals surface area contributed by atoms with Crippen molar-refractivity contribution in [1.82, 2.24) is 27.4 Å². The summed E-state index contributed by atoms with van der Waals surface area (Å²) < 4.78 is 13.8. The van der Waals surface area contributed by atoms with Gasteiger partial charge in [0.05, 0.1) is 0 Å². The van der Waals surface area contributed by atoms with Crippen molar-refractivity contribution >= 4 is 53.7 Å². The van der Waals surface area contributed by atoms with Crippen molar-refractivity contribution in [3.63, 3.8) is 0 Å². The van der Waals surface area contributed by atoms with Crippen LogP contribution < -0.4 is 0 Å². The topological polar surface area (TPSA) is 19.4 Å². The van der Waals surface area contributed by atoms with Gasteiger partial charge in [0.2, 0.25) is 0 Å². The van der Waals surface area contributed by atoms with Crippen molar-refractivity contribution in [2.45, 2.75) is 78.6 Å². The van der Waals surface area contributed by atoms with Crippen LogP contribution in [0, 0.1) is 0 Å². The minimum atomic E-state index is -0.410. The first-order chi connectivity index (χ1) is 15.9. The van der Waals surface area contributed by atoms with Gasteiger partial charge in [-0.1, -0.05) is 78.6 Å². The lowest BCUT2D eigenvalue weighted by Gasteiger charge is -2.10. The first kappa shape index (κ1) is 50.0. The minimum absolute atomic E-state index is 0.410. The van der Waals surface area contributed by atoms with E-state index in [9.17, 15) is 0 Å². The van der Waals surface area contributed by atoms with Crippen molar-refractivity contribution in [2.24, 2.45) is 0 Å². The lowest BCUT2D eigenvalue weighted by atomic mass is 11.3. The van der Waals surface area contributed by atoms with Gasteiger partial charge in [0.25, 0.3) is 0 Å². The predicted octanol–water partition coefficient (Wildman–Crippen LogP) is 3.19. The molecule has 12 heteroatoms. The Morgan fingerprint density at radius 1 is 0.194 bits per heavy atom. The molecule has 0 saturated carbocycles. The van der Waals surface area contributed by atoms with Crippen LogP contribution in [0.5, 0.6) is 0 Å². The maximum atomic E-state index is 2.31. The average molecular weight is 619 g/mol. The van der Waals surface area contributed by atoms with Crippen LogP contribution in [0.2, 0.25) is 78.6 Å². The molecule has 0 aliphatic rings. The highest BCUT2D eigenvalue weighted by atomic mass is 28.3. The van der Waals surface area contributed by atoms with E-state index in [1.807, 2.05) is 0 Å². The fourth-order valence-corrected chi connectivity index (χ4v) is 0. The van der Waals surface area contributed by atoms with E-state index in [-0.39, 0.29) is 0 Å². The molecule has 0 N–H and O–H groups in total. The quantitative estimate of drug-likeness (QED) is 0.423. The second-order valence-corrected chi connectivity index (χ2v) is 31.7. The fourth-order valence-electron chi connectivity index (χ4n) is 0. The molecule has 6 nitrogen and oxygen atoms in total. The van der Waals surface area contributed by atoms with E-state index in [1.54, 1.807) is 0 Å². The highest BCUT2D eigenvalue weighted by Crippen LogP contribution is 1.82. The number of nitrogens with zero attached hydrogens (tertiary/aromatic N) is 6. The molecule has 0 fully saturated rings. The number of rotatable bonds is 6. The predicted molar refractivity (Wildman–Crippen MR) is 195 cm³/mol. The van der Waals surface area contributed by atoms with Crippen molar-refractivity contribution in [3.8, 4) is 0 Å². The van der Waals surface area contributed by atoms with Crippen LogP contribution in [0.25, 0.3) is 0 Å². The Morgan fingerprint density at radius 2 is 0.222 bits per heavy atom. The van der Waals surface area contributed by atoms with Crippen LogP contribution >= 0.6 is 0 Å². The highest BCUT2D eigenvalue weighted by Gasteiger charge is 1.95. The molecule has 0 saturated heterocycles. The summed E-state index contributed by atoms with van der Waals surface area (Å²) in [5.41, 5.74) is 0. The van der Waals surface area contributed by atoms with E-state index in [0.29, 0.717) is 0 Å². The molecule has 0 rings (SSSR count). The van der Waals surface area contributed by atoms with Crippen molar-refractivity contribution in [3.05, 3.63) is 0 Å². The maximum absolute atomic E-state index is 2.31. The largest absolute Gasteiger partial charge is 0.332 e. The number of hydrogen-bond donors (Lipinski definition) is 0. The molecule has 0 aromatic heterocycles. The smallest absolute Gasteiger partial charge is 0.105 e. The summed E-state index contributed by atoms with van der Waals surface area (Å²) in [6, 6.07) is 0. The summed E-state index contributed by atoms with van der Waals surface area (Å²) in [6.45, 7) is 27.7. The summed E-state index contributed by atoms with van der Waals surface area (Å²) in [5, 5.41) is 0. The van der Waals surface area contributed by atoms with E-state index in [0.717, 1.165) is 0 Å². The van der Waals surface area contributed by atoms with Crippen LogP contribution in [-0.4, -0.2) is 166 Å². The molecule has 0 aliphatic carbocycles. The first-order valence-electron chi connectivity index (χ1n) is 13.8. The van der Waals surface area contributed by atoms with Crippen LogP contribution in [0.15, 0.2) is 0 Å². The van der Waals surface area contributed by atoms with Gasteiger partial charge in [-0.2, -0.15) is 0 Å². The second kappa shape index (κ2) is 32.3. The fraction of sp³-hybridized carbons (Fsp3) is 1.00. The van der Waals surface area contributed by atoms with E-state index in [2.05, 4.69) is 191 Å². The van der Waals surface area contributed by atoms with Gasteiger partial charge < -0.3 is 27.4 Å². The molecule has 0 radical (unpaired) electrons. The summed E-state index contributed by atoms with van der Waals surface area (Å²) in [4.78, 5) is 0. The van der Waals surface area contributed by atoms with Gasteiger partial charge in [-0.05, 0) is 84.6 Å². The zero-order chi connectivity index (χ0) is 30.9. The monoisotopic (exact) mass is 618 g/mol. The summed E-state index contributed by atoms with van der Waals surface area (Å²) in [7, 11) is 23.2. The first-order valence-corrected chi connectivity index (χ1v) is 30.8. The van der Waals surface area contributed by atoms with Crippen LogP contribution in [0.1, 0.15) is 0 Å². The van der Waals surface area contributed by atoms with Crippen molar-refractivity contribution in [1.29, 1.82) is 0 Å². The Labute approximate surface area is 243 Å². The Bertz CT molecular complexity index is 264. The van der Waals surface area contributed by atoms with Gasteiger partial charge in [-0.25, -0.2) is 0 Å². The third-order valence-corrected chi connectivity index (χ3v) is 18.6. The van der Waals surface area contributed by atoms with Gasteiger partial charge in [0, 0.05) is 0 Å². The average Bonchev–Trinajstić information content (AvgIpc) is 2.69. The summed E-state index contributed by atoms with van der Waals surface area (Å²) in [6.07, 6.45) is 0. The molecule has 0 aromatic rings. The van der Waals surface area contributed by atoms with Gasteiger partial charge in [-0.3, -0.25) is 0 Å². The molecule has 0 atom stereocenters. The van der Waals surface area contributed by atoms with Crippen molar-refractivity contribution < 1.29 is 0 Å². The molecule has 0 spiro atoms. The highest BCUT2D eigenvalue weighted by molar-refractivity contribution is 6.53. The molecule has 0 bridgehead atoms. The second-order valence-electron chi connectivity index (χ2n) is 12.3. The summed E-state index contributed by atoms with van der Waals surface area (Å²) in [5.74, 6) is 0. The molecular formula is C24H78N6Si6. The van der Waals surface area contributed by atoms with Gasteiger partial charge in [0.1, 0.15) is 53.7 Å². The molecule has 0 aromatic carbocycles. The molecule has 0 heterocycles. The van der Waals surface area contributed by atoms with E-state index < -0.39 is 53.7 Å². The number of hydrogen-bond acceptors (Lipinski definition) is 6. The Morgan fingerprint density at radius 3 is 0.222 bits per heavy atom. The van der Waals surface area contributed by atoms with Gasteiger partial charge in [-0.15, -0.1) is 0 Å². The van der Waals surface area contributed by atoms with Gasteiger partial charge >= 0.3 is 0 Å². The third-order valence-electron chi connectivity index (χ3n) is 6.20. The van der Waals surface area contributed by atoms with Crippen LogP contribution in [0.3, 0.4) is 0 Å². The maximum Gasteiger partial charge on any atom is 0.105 e. The lowest BCUT2D eigenvalue weighted by Crippen LogP contribution is -2.25. The Hall–Kier alpha value is 1.06. The molecular weight excluding hydrogens is 541 g/mol. The van der Waals surface area contributed by atoms with E-state index >= 15 is 0 Å².